The van der Waals surface area contributed by atoms with Crippen molar-refractivity contribution in [1.29, 1.82) is 5.26 Å². The number of benzene rings is 2. The van der Waals surface area contributed by atoms with Gasteiger partial charge in [0, 0.05) is 51.1 Å². The first kappa shape index (κ1) is 24.4. The average molecular weight is 527 g/mol. The van der Waals surface area contributed by atoms with Gasteiger partial charge in [0.2, 0.25) is 5.91 Å². The molecule has 202 valence electrons. The maximum Gasteiger partial charge on any atom is 0.220 e. The van der Waals surface area contributed by atoms with Crippen molar-refractivity contribution in [3.8, 4) is 22.9 Å². The fourth-order valence-corrected chi connectivity index (χ4v) is 6.12. The number of nitrogens with one attached hydrogen (secondary N) is 1. The van der Waals surface area contributed by atoms with Crippen LogP contribution in [0.2, 0.25) is 0 Å². The maximum atomic E-state index is 11.8. The van der Waals surface area contributed by atoms with Gasteiger partial charge in [-0.3, -0.25) is 9.69 Å². The molecule has 2 aromatic carbocycles. The highest BCUT2D eigenvalue weighted by atomic mass is 16.5. The van der Waals surface area contributed by atoms with E-state index in [0.717, 1.165) is 85.8 Å². The Morgan fingerprint density at radius 1 is 1.10 bits per heavy atom. The normalized spacial score (nSPS) is 22.9. The minimum absolute atomic E-state index is 0.0833. The summed E-state index contributed by atoms with van der Waals surface area (Å²) in [5, 5.41) is 13.0. The van der Waals surface area contributed by atoms with Crippen molar-refractivity contribution < 1.29 is 14.3 Å². The van der Waals surface area contributed by atoms with Gasteiger partial charge in [-0.15, -0.1) is 0 Å². The van der Waals surface area contributed by atoms with Crippen molar-refractivity contribution in [2.75, 3.05) is 50.8 Å². The van der Waals surface area contributed by atoms with E-state index < -0.39 is 0 Å². The quantitative estimate of drug-likeness (QED) is 0.505. The van der Waals surface area contributed by atoms with Crippen molar-refractivity contribution in [2.24, 2.45) is 5.92 Å². The van der Waals surface area contributed by atoms with Crippen molar-refractivity contribution >= 4 is 22.6 Å². The predicted octanol–water partition coefficient (Wildman–Crippen LogP) is 3.33. The maximum absolute atomic E-state index is 11.8. The Balaban J connectivity index is 1.19. The van der Waals surface area contributed by atoms with E-state index in [1.165, 1.54) is 0 Å². The Kier molecular flexibility index (Phi) is 6.17. The van der Waals surface area contributed by atoms with Gasteiger partial charge in [-0.05, 0) is 55.2 Å². The number of nitrogens with zero attached hydrogens (tertiary/aromatic N) is 5. The van der Waals surface area contributed by atoms with Crippen LogP contribution in [0.4, 0.5) is 5.69 Å². The zero-order valence-electron chi connectivity index (χ0n) is 22.3. The van der Waals surface area contributed by atoms with Crippen molar-refractivity contribution in [3.63, 3.8) is 0 Å². The zero-order chi connectivity index (χ0) is 26.5. The molecule has 0 unspecified atom stereocenters. The van der Waals surface area contributed by atoms with E-state index in [1.807, 2.05) is 19.3 Å². The van der Waals surface area contributed by atoms with Gasteiger partial charge >= 0.3 is 0 Å². The largest absolute Gasteiger partial charge is 0.488 e. The lowest BCUT2D eigenvalue weighted by Crippen LogP contribution is -2.56. The van der Waals surface area contributed by atoms with E-state index in [4.69, 9.17) is 14.5 Å². The smallest absolute Gasteiger partial charge is 0.220 e. The van der Waals surface area contributed by atoms with Gasteiger partial charge in [0.15, 0.2) is 0 Å². The van der Waals surface area contributed by atoms with Crippen LogP contribution in [0.1, 0.15) is 37.8 Å². The molecule has 0 bridgehead atoms. The lowest BCUT2D eigenvalue weighted by molar-refractivity contribution is -0.119. The monoisotopic (exact) mass is 526 g/mol. The van der Waals surface area contributed by atoms with Crippen LogP contribution in [-0.2, 0) is 9.53 Å². The van der Waals surface area contributed by atoms with Gasteiger partial charge in [0.1, 0.15) is 23.4 Å². The summed E-state index contributed by atoms with van der Waals surface area (Å²) in [7, 11) is 0. The molecule has 3 aromatic rings. The van der Waals surface area contributed by atoms with Crippen molar-refractivity contribution in [2.45, 2.75) is 44.4 Å². The summed E-state index contributed by atoms with van der Waals surface area (Å²) in [6.07, 6.45) is 4.59. The number of imidazole rings is 1. The third-order valence-electron chi connectivity index (χ3n) is 8.80. The van der Waals surface area contributed by atoms with E-state index in [2.05, 4.69) is 50.0 Å². The van der Waals surface area contributed by atoms with E-state index in [-0.39, 0.29) is 17.9 Å². The standard InChI is InChI=1S/C30H34N6O3/c1-19(23-13-29(37)32-15-23)39-28-12-21(11-26-30(28)36(18-33-26)24-3-4-24)20-2-5-27(22(10-20)14-31)35-8-6-34(7-9-35)25-16-38-17-25/h2,5,10-12,18-19,23-25H,3-4,6-9,13,15-17H2,1H3,(H,32,37)/t19-,23-/m1/s1. The third-order valence-corrected chi connectivity index (χ3v) is 8.80. The number of hydrogen-bond donors (Lipinski definition) is 1. The number of nitriles is 1. The SMILES string of the molecule is C[C@@H](Oc1cc(-c2ccc(N3CCN(C4COC4)CC3)c(C#N)c2)cc2ncn(C3CC3)c12)[C@H]1CNC(=O)C1. The molecule has 1 amide bonds. The second-order valence-corrected chi connectivity index (χ2v) is 11.4. The van der Waals surface area contributed by atoms with Crippen molar-refractivity contribution in [3.05, 3.63) is 42.2 Å². The Labute approximate surface area is 228 Å². The molecular formula is C30H34N6O3. The molecule has 39 heavy (non-hydrogen) atoms. The summed E-state index contributed by atoms with van der Waals surface area (Å²) in [5.41, 5.74) is 5.53. The topological polar surface area (TPSA) is 95.7 Å². The number of aromatic nitrogens is 2. The molecule has 4 heterocycles. The fraction of sp³-hybridized carbons (Fsp3) is 0.500. The van der Waals surface area contributed by atoms with Gasteiger partial charge in [-0.25, -0.2) is 4.98 Å². The van der Waals surface area contributed by atoms with Crippen LogP contribution in [-0.4, -0.2) is 78.4 Å². The molecule has 2 atom stereocenters. The van der Waals surface area contributed by atoms with E-state index in [1.54, 1.807) is 0 Å². The molecular weight excluding hydrogens is 492 g/mol. The Hall–Kier alpha value is -3.61. The summed E-state index contributed by atoms with van der Waals surface area (Å²) in [6.45, 7) is 8.14. The fourth-order valence-electron chi connectivity index (χ4n) is 6.12. The third kappa shape index (κ3) is 4.62. The molecule has 1 N–H and O–H groups in total. The summed E-state index contributed by atoms with van der Waals surface area (Å²) < 4.78 is 14.2. The van der Waals surface area contributed by atoms with Crippen molar-refractivity contribution in [1.82, 2.24) is 19.8 Å². The Bertz CT molecular complexity index is 1440. The number of carbonyl (C=O) groups is 1. The average Bonchev–Trinajstić information content (AvgIpc) is 3.52. The number of ether oxygens (including phenoxy) is 2. The Morgan fingerprint density at radius 2 is 1.92 bits per heavy atom. The highest BCUT2D eigenvalue weighted by Gasteiger charge is 2.32. The predicted molar refractivity (Wildman–Crippen MR) is 148 cm³/mol. The highest BCUT2D eigenvalue weighted by Crippen LogP contribution is 2.42. The second-order valence-electron chi connectivity index (χ2n) is 11.4. The molecule has 1 aliphatic carbocycles. The van der Waals surface area contributed by atoms with Crippen LogP contribution in [0.15, 0.2) is 36.7 Å². The molecule has 0 spiro atoms. The van der Waals surface area contributed by atoms with Gasteiger partial charge in [-0.2, -0.15) is 5.26 Å². The summed E-state index contributed by atoms with van der Waals surface area (Å²) >= 11 is 0. The van der Waals surface area contributed by atoms with E-state index in [0.29, 0.717) is 30.6 Å². The molecule has 1 aromatic heterocycles. The minimum Gasteiger partial charge on any atom is -0.488 e. The molecule has 4 fully saturated rings. The van der Waals surface area contributed by atoms with Crippen LogP contribution < -0.4 is 15.0 Å². The number of fused-ring (bicyclic) bond motifs is 1. The highest BCUT2D eigenvalue weighted by molar-refractivity contribution is 5.89. The first-order valence-electron chi connectivity index (χ1n) is 14.1. The van der Waals surface area contributed by atoms with Crippen LogP contribution in [0.3, 0.4) is 0 Å². The van der Waals surface area contributed by atoms with E-state index in [9.17, 15) is 10.1 Å². The minimum atomic E-state index is -0.118. The van der Waals surface area contributed by atoms with Gasteiger partial charge in [0.05, 0.1) is 42.4 Å². The molecule has 0 radical (unpaired) electrons. The first-order chi connectivity index (χ1) is 19.1. The van der Waals surface area contributed by atoms with Crippen LogP contribution in [0.25, 0.3) is 22.2 Å². The first-order valence-corrected chi connectivity index (χ1v) is 14.1. The molecule has 3 aliphatic heterocycles. The molecule has 9 nitrogen and oxygen atoms in total. The lowest BCUT2D eigenvalue weighted by Gasteiger charge is -2.43. The Morgan fingerprint density at radius 3 is 2.59 bits per heavy atom. The molecule has 4 aliphatic rings. The number of piperazine rings is 1. The van der Waals surface area contributed by atoms with Gasteiger partial charge < -0.3 is 24.3 Å². The summed E-state index contributed by atoms with van der Waals surface area (Å²) in [4.78, 5) is 21.4. The summed E-state index contributed by atoms with van der Waals surface area (Å²) in [6, 6.07) is 13.8. The van der Waals surface area contributed by atoms with E-state index >= 15 is 0 Å². The number of carbonyl (C=O) groups excluding carboxylic acids is 1. The number of rotatable bonds is 7. The van der Waals surface area contributed by atoms with Crippen LogP contribution in [0.5, 0.6) is 5.75 Å². The lowest BCUT2D eigenvalue weighted by atomic mass is 10.00. The van der Waals surface area contributed by atoms with Crippen LogP contribution in [0, 0.1) is 17.2 Å². The zero-order valence-corrected chi connectivity index (χ0v) is 22.3. The van der Waals surface area contributed by atoms with Crippen LogP contribution >= 0.6 is 0 Å². The molecule has 1 saturated carbocycles. The molecule has 3 saturated heterocycles. The number of anilines is 1. The molecule has 9 heteroatoms. The molecule has 7 rings (SSSR count). The van der Waals surface area contributed by atoms with Gasteiger partial charge in [0.25, 0.3) is 0 Å². The number of hydrogen-bond acceptors (Lipinski definition) is 7. The summed E-state index contributed by atoms with van der Waals surface area (Å²) in [5.74, 6) is 1.01. The number of amides is 1. The van der Waals surface area contributed by atoms with Gasteiger partial charge in [-0.1, -0.05) is 6.07 Å². The second kappa shape index (κ2) is 9.85.